The van der Waals surface area contributed by atoms with E-state index in [9.17, 15) is 0 Å². The molecule has 148 valence electrons. The van der Waals surface area contributed by atoms with Gasteiger partial charge in [0, 0.05) is 32.5 Å². The third kappa shape index (κ3) is 5.72. The maximum Gasteiger partial charge on any atom is 0.194 e. The number of nitrogens with one attached hydrogen (secondary N) is 1. The van der Waals surface area contributed by atoms with Crippen LogP contribution in [0.4, 0.5) is 0 Å². The number of aryl methyl sites for hydroxylation is 3. The van der Waals surface area contributed by atoms with Crippen molar-refractivity contribution >= 4 is 29.9 Å². The Labute approximate surface area is 179 Å². The topological polar surface area (TPSA) is 41.8 Å². The summed E-state index contributed by atoms with van der Waals surface area (Å²) in [5.74, 6) is 0.967. The predicted molar refractivity (Wildman–Crippen MR) is 122 cm³/mol. The van der Waals surface area contributed by atoms with Crippen LogP contribution in [-0.2, 0) is 18.3 Å². The minimum absolute atomic E-state index is 0. The van der Waals surface area contributed by atoms with Crippen LogP contribution in [0, 0.1) is 13.8 Å². The van der Waals surface area contributed by atoms with E-state index in [2.05, 4.69) is 72.2 Å². The highest BCUT2D eigenvalue weighted by Crippen LogP contribution is 2.26. The highest BCUT2D eigenvalue weighted by molar-refractivity contribution is 14.0. The van der Waals surface area contributed by atoms with E-state index in [1.807, 2.05) is 7.05 Å². The predicted octanol–water partition coefficient (Wildman–Crippen LogP) is 3.80. The molecule has 1 fully saturated rings. The van der Waals surface area contributed by atoms with E-state index >= 15 is 0 Å². The zero-order valence-corrected chi connectivity index (χ0v) is 19.1. The van der Waals surface area contributed by atoms with Crippen LogP contribution in [0.3, 0.4) is 0 Å². The standard InChI is InChI=1S/C21H30N4O.HI/c1-5-22-21(23-13-18-8-9-24(4)14-18)25-10-11-26-20(15-25)19-7-6-16(2)12-17(19)3;/h6-9,12,14,20H,5,10-11,13,15H2,1-4H3,(H,22,23);1H. The number of guanidine groups is 1. The second-order valence-electron chi connectivity index (χ2n) is 7.02. The van der Waals surface area contributed by atoms with E-state index in [4.69, 9.17) is 9.73 Å². The van der Waals surface area contributed by atoms with Crippen molar-refractivity contribution in [1.82, 2.24) is 14.8 Å². The van der Waals surface area contributed by atoms with Gasteiger partial charge in [-0.3, -0.25) is 0 Å². The van der Waals surface area contributed by atoms with Gasteiger partial charge in [-0.2, -0.15) is 0 Å². The summed E-state index contributed by atoms with van der Waals surface area (Å²) >= 11 is 0. The van der Waals surface area contributed by atoms with Crippen LogP contribution in [0.2, 0.25) is 0 Å². The monoisotopic (exact) mass is 482 g/mol. The van der Waals surface area contributed by atoms with Crippen molar-refractivity contribution < 1.29 is 4.74 Å². The molecule has 1 aliphatic rings. The zero-order valence-electron chi connectivity index (χ0n) is 16.7. The molecule has 0 spiro atoms. The van der Waals surface area contributed by atoms with E-state index < -0.39 is 0 Å². The molecule has 1 atom stereocenters. The molecule has 1 N–H and O–H groups in total. The van der Waals surface area contributed by atoms with Crippen molar-refractivity contribution in [2.45, 2.75) is 33.4 Å². The van der Waals surface area contributed by atoms with Crippen LogP contribution >= 0.6 is 24.0 Å². The van der Waals surface area contributed by atoms with Crippen LogP contribution in [0.25, 0.3) is 0 Å². The SMILES string of the molecule is CCNC(=NCc1ccn(C)c1)N1CCOC(c2ccc(C)cc2C)C1.I. The van der Waals surface area contributed by atoms with Crippen molar-refractivity contribution in [3.63, 3.8) is 0 Å². The number of halogens is 1. The van der Waals surface area contributed by atoms with Gasteiger partial charge in [0.2, 0.25) is 0 Å². The minimum Gasteiger partial charge on any atom is -0.370 e. The van der Waals surface area contributed by atoms with E-state index in [1.54, 1.807) is 0 Å². The Hall–Kier alpha value is -1.54. The van der Waals surface area contributed by atoms with Gasteiger partial charge in [-0.05, 0) is 43.5 Å². The van der Waals surface area contributed by atoms with Crippen LogP contribution in [0.15, 0.2) is 41.7 Å². The molecule has 0 bridgehead atoms. The summed E-state index contributed by atoms with van der Waals surface area (Å²) in [7, 11) is 2.04. The average Bonchev–Trinajstić information content (AvgIpc) is 3.04. The summed E-state index contributed by atoms with van der Waals surface area (Å²) in [6, 6.07) is 8.71. The molecule has 0 saturated carbocycles. The van der Waals surface area contributed by atoms with E-state index in [0.29, 0.717) is 13.2 Å². The van der Waals surface area contributed by atoms with Gasteiger partial charge in [-0.15, -0.1) is 24.0 Å². The number of aromatic nitrogens is 1. The van der Waals surface area contributed by atoms with E-state index in [1.165, 1.54) is 22.3 Å². The summed E-state index contributed by atoms with van der Waals surface area (Å²) in [6.45, 7) is 10.4. The fourth-order valence-electron chi connectivity index (χ4n) is 3.46. The molecule has 27 heavy (non-hydrogen) atoms. The first-order chi connectivity index (χ1) is 12.6. The summed E-state index contributed by atoms with van der Waals surface area (Å²) in [5.41, 5.74) is 5.08. The second kappa shape index (κ2) is 10.1. The largest absolute Gasteiger partial charge is 0.370 e. The van der Waals surface area contributed by atoms with Crippen molar-refractivity contribution in [2.24, 2.45) is 12.0 Å². The quantitative estimate of drug-likeness (QED) is 0.410. The zero-order chi connectivity index (χ0) is 18.5. The van der Waals surface area contributed by atoms with Crippen LogP contribution in [-0.4, -0.2) is 41.7 Å². The summed E-state index contributed by atoms with van der Waals surface area (Å²) in [5, 5.41) is 3.44. The average molecular weight is 482 g/mol. The van der Waals surface area contributed by atoms with Gasteiger partial charge in [-0.1, -0.05) is 23.8 Å². The Kier molecular flexibility index (Phi) is 8.16. The molecule has 3 rings (SSSR count). The number of morpholine rings is 1. The van der Waals surface area contributed by atoms with E-state index in [-0.39, 0.29) is 30.1 Å². The number of hydrogen-bond acceptors (Lipinski definition) is 2. The first-order valence-corrected chi connectivity index (χ1v) is 9.39. The summed E-state index contributed by atoms with van der Waals surface area (Å²) in [4.78, 5) is 7.17. The molecule has 2 heterocycles. The van der Waals surface area contributed by atoms with Crippen molar-refractivity contribution in [3.8, 4) is 0 Å². The van der Waals surface area contributed by atoms with Crippen molar-refractivity contribution in [2.75, 3.05) is 26.2 Å². The molecule has 1 aliphatic heterocycles. The molecule has 0 amide bonds. The van der Waals surface area contributed by atoms with Gasteiger partial charge in [0.05, 0.1) is 19.7 Å². The van der Waals surface area contributed by atoms with Gasteiger partial charge < -0.3 is 19.5 Å². The highest BCUT2D eigenvalue weighted by atomic mass is 127. The van der Waals surface area contributed by atoms with Gasteiger partial charge in [0.15, 0.2) is 5.96 Å². The molecule has 2 aromatic rings. The molecule has 6 heteroatoms. The molecule has 0 radical (unpaired) electrons. The number of ether oxygens (including phenoxy) is 1. The number of aliphatic imine (C=N–C) groups is 1. The molecular weight excluding hydrogens is 451 g/mol. The molecule has 1 aromatic heterocycles. The normalized spacial score (nSPS) is 17.6. The van der Waals surface area contributed by atoms with Crippen molar-refractivity contribution in [3.05, 3.63) is 58.9 Å². The van der Waals surface area contributed by atoms with Gasteiger partial charge in [0.25, 0.3) is 0 Å². The third-order valence-corrected chi connectivity index (χ3v) is 4.78. The molecular formula is C21H31IN4O. The molecule has 0 aliphatic carbocycles. The number of hydrogen-bond donors (Lipinski definition) is 1. The lowest BCUT2D eigenvalue weighted by Crippen LogP contribution is -2.48. The van der Waals surface area contributed by atoms with E-state index in [0.717, 1.165) is 25.6 Å². The first kappa shape index (κ1) is 21.8. The number of nitrogens with zero attached hydrogens (tertiary/aromatic N) is 3. The van der Waals surface area contributed by atoms with Crippen LogP contribution in [0.1, 0.15) is 35.3 Å². The highest BCUT2D eigenvalue weighted by Gasteiger charge is 2.25. The Morgan fingerprint density at radius 2 is 2.11 bits per heavy atom. The van der Waals surface area contributed by atoms with Gasteiger partial charge in [0.1, 0.15) is 6.10 Å². The Morgan fingerprint density at radius 1 is 1.30 bits per heavy atom. The molecule has 5 nitrogen and oxygen atoms in total. The maximum atomic E-state index is 6.08. The smallest absolute Gasteiger partial charge is 0.194 e. The lowest BCUT2D eigenvalue weighted by atomic mass is 10.00. The Balaban J connectivity index is 0.00000261. The first-order valence-electron chi connectivity index (χ1n) is 9.39. The maximum absolute atomic E-state index is 6.08. The van der Waals surface area contributed by atoms with Gasteiger partial charge >= 0.3 is 0 Å². The van der Waals surface area contributed by atoms with Crippen LogP contribution < -0.4 is 5.32 Å². The van der Waals surface area contributed by atoms with Gasteiger partial charge in [-0.25, -0.2) is 4.99 Å². The summed E-state index contributed by atoms with van der Waals surface area (Å²) < 4.78 is 8.14. The third-order valence-electron chi connectivity index (χ3n) is 4.78. The fraction of sp³-hybridized carbons (Fsp3) is 0.476. The molecule has 1 saturated heterocycles. The van der Waals surface area contributed by atoms with Crippen molar-refractivity contribution in [1.29, 1.82) is 0 Å². The van der Waals surface area contributed by atoms with Crippen LogP contribution in [0.5, 0.6) is 0 Å². The Morgan fingerprint density at radius 3 is 2.78 bits per heavy atom. The number of benzene rings is 1. The summed E-state index contributed by atoms with van der Waals surface area (Å²) in [6.07, 6.45) is 4.26. The minimum atomic E-state index is 0. The molecule has 1 aromatic carbocycles. The lowest BCUT2D eigenvalue weighted by Gasteiger charge is -2.36. The Bertz CT molecular complexity index is 771. The lowest BCUT2D eigenvalue weighted by molar-refractivity contribution is -0.00834. The number of rotatable bonds is 4. The second-order valence-corrected chi connectivity index (χ2v) is 7.02. The molecule has 1 unspecified atom stereocenters. The fourth-order valence-corrected chi connectivity index (χ4v) is 3.46.